The zero-order valence-electron chi connectivity index (χ0n) is 12.7. The third-order valence-corrected chi connectivity index (χ3v) is 3.74. The van der Waals surface area contributed by atoms with Crippen LogP contribution in [-0.4, -0.2) is 28.7 Å². The normalized spacial score (nSPS) is 11.2. The molecule has 2 aromatic carbocycles. The summed E-state index contributed by atoms with van der Waals surface area (Å²) in [4.78, 5) is 11.6. The lowest BCUT2D eigenvalue weighted by Crippen LogP contribution is -2.05. The first-order chi connectivity index (χ1) is 11.6. The number of hydrogen-bond donors (Lipinski definition) is 1. The summed E-state index contributed by atoms with van der Waals surface area (Å²) in [5, 5.41) is 9.96. The molecule has 0 aliphatic carbocycles. The van der Waals surface area contributed by atoms with E-state index in [1.807, 2.05) is 22.9 Å². The highest BCUT2D eigenvalue weighted by molar-refractivity contribution is 6.00. The molecule has 0 saturated heterocycles. The molecule has 0 atom stereocenters. The quantitative estimate of drug-likeness (QED) is 0.704. The molecule has 0 bridgehead atoms. The van der Waals surface area contributed by atoms with E-state index >= 15 is 0 Å². The first kappa shape index (κ1) is 16.1. The molecule has 0 amide bonds. The maximum absolute atomic E-state index is 12.2. The van der Waals surface area contributed by atoms with Crippen molar-refractivity contribution in [1.29, 1.82) is 0 Å². The van der Waals surface area contributed by atoms with E-state index in [4.69, 9.17) is 5.11 Å². The van der Waals surface area contributed by atoms with Crippen LogP contribution >= 0.6 is 0 Å². The van der Waals surface area contributed by atoms with Crippen LogP contribution in [0.3, 0.4) is 0 Å². The van der Waals surface area contributed by atoms with Crippen molar-refractivity contribution in [2.45, 2.75) is 13.2 Å². The molecule has 1 heterocycles. The van der Waals surface area contributed by atoms with Gasteiger partial charge in [-0.3, -0.25) is 4.79 Å². The van der Waals surface area contributed by atoms with Crippen LogP contribution in [0.25, 0.3) is 10.9 Å². The van der Waals surface area contributed by atoms with Crippen LogP contribution in [-0.2, 0) is 6.54 Å². The van der Waals surface area contributed by atoms with Crippen LogP contribution in [0.5, 0.6) is 5.75 Å². The maximum Gasteiger partial charge on any atom is 0.387 e. The number of aliphatic hydroxyl groups excluding tert-OH is 1. The number of rotatable bonds is 6. The SMILES string of the molecule is O=C(CO)c1ccc2ccn(Cc3ccc(OC(F)F)cc3)c2c1. The highest BCUT2D eigenvalue weighted by atomic mass is 19.3. The van der Waals surface area contributed by atoms with Gasteiger partial charge in [0.2, 0.25) is 0 Å². The summed E-state index contributed by atoms with van der Waals surface area (Å²) in [5.74, 6) is -0.222. The topological polar surface area (TPSA) is 51.5 Å². The third-order valence-electron chi connectivity index (χ3n) is 3.74. The minimum absolute atomic E-state index is 0.113. The Hall–Kier alpha value is -2.73. The summed E-state index contributed by atoms with van der Waals surface area (Å²) in [6.45, 7) is -2.85. The second-order valence-electron chi connectivity index (χ2n) is 5.32. The minimum atomic E-state index is -2.84. The summed E-state index contributed by atoms with van der Waals surface area (Å²) in [6, 6.07) is 13.6. The van der Waals surface area contributed by atoms with Gasteiger partial charge in [0.25, 0.3) is 0 Å². The van der Waals surface area contributed by atoms with E-state index in [1.54, 1.807) is 24.3 Å². The molecule has 3 rings (SSSR count). The van der Waals surface area contributed by atoms with Gasteiger partial charge in [-0.05, 0) is 35.2 Å². The number of aromatic nitrogens is 1. The van der Waals surface area contributed by atoms with Crippen molar-refractivity contribution < 1.29 is 23.4 Å². The van der Waals surface area contributed by atoms with Crippen molar-refractivity contribution in [3.05, 3.63) is 65.9 Å². The van der Waals surface area contributed by atoms with Gasteiger partial charge in [-0.25, -0.2) is 0 Å². The Morgan fingerprint density at radius 3 is 2.54 bits per heavy atom. The van der Waals surface area contributed by atoms with E-state index in [0.29, 0.717) is 12.1 Å². The highest BCUT2D eigenvalue weighted by Gasteiger charge is 2.09. The van der Waals surface area contributed by atoms with Crippen LogP contribution in [0.4, 0.5) is 8.78 Å². The van der Waals surface area contributed by atoms with Gasteiger partial charge < -0.3 is 14.4 Å². The predicted molar refractivity (Wildman–Crippen MR) is 85.5 cm³/mol. The fourth-order valence-corrected chi connectivity index (χ4v) is 2.56. The molecule has 24 heavy (non-hydrogen) atoms. The first-order valence-corrected chi connectivity index (χ1v) is 7.33. The van der Waals surface area contributed by atoms with Gasteiger partial charge in [0.15, 0.2) is 5.78 Å². The van der Waals surface area contributed by atoms with E-state index in [1.165, 1.54) is 12.1 Å². The molecule has 3 aromatic rings. The number of carbonyl (C=O) groups excluding carboxylic acids is 1. The Balaban J connectivity index is 1.85. The van der Waals surface area contributed by atoms with Crippen molar-refractivity contribution in [2.75, 3.05) is 6.61 Å². The van der Waals surface area contributed by atoms with Crippen molar-refractivity contribution in [3.63, 3.8) is 0 Å². The Kier molecular flexibility index (Phi) is 4.57. The van der Waals surface area contributed by atoms with Crippen LogP contribution in [0.2, 0.25) is 0 Å². The number of ketones is 1. The average molecular weight is 331 g/mol. The molecule has 124 valence electrons. The standard InChI is InChI=1S/C18H15F2NO3/c19-18(20)24-15-5-1-12(2-6-15)10-21-8-7-13-3-4-14(9-16(13)21)17(23)11-22/h1-9,18,22H,10-11H2. The van der Waals surface area contributed by atoms with Gasteiger partial charge in [-0.15, -0.1) is 0 Å². The number of halogens is 2. The van der Waals surface area contributed by atoms with Gasteiger partial charge in [-0.1, -0.05) is 24.3 Å². The molecular formula is C18H15F2NO3. The monoisotopic (exact) mass is 331 g/mol. The summed E-state index contributed by atoms with van der Waals surface area (Å²) in [7, 11) is 0. The summed E-state index contributed by atoms with van der Waals surface area (Å²) < 4.78 is 30.6. The molecule has 0 aliphatic rings. The lowest BCUT2D eigenvalue weighted by molar-refractivity contribution is -0.0498. The Morgan fingerprint density at radius 2 is 1.88 bits per heavy atom. The lowest BCUT2D eigenvalue weighted by atomic mass is 10.1. The molecule has 0 saturated carbocycles. The number of nitrogens with zero attached hydrogens (tertiary/aromatic N) is 1. The summed E-state index contributed by atoms with van der Waals surface area (Å²) in [6.07, 6.45) is 1.89. The minimum Gasteiger partial charge on any atom is -0.435 e. The fraction of sp³-hybridized carbons (Fsp3) is 0.167. The molecule has 6 heteroatoms. The molecular weight excluding hydrogens is 316 g/mol. The van der Waals surface area contributed by atoms with Crippen LogP contribution in [0, 0.1) is 0 Å². The van der Waals surface area contributed by atoms with Crippen molar-refractivity contribution in [1.82, 2.24) is 4.57 Å². The third kappa shape index (κ3) is 3.44. The molecule has 0 radical (unpaired) electrons. The number of alkyl halides is 2. The lowest BCUT2D eigenvalue weighted by Gasteiger charge is -2.08. The molecule has 0 fully saturated rings. The van der Waals surface area contributed by atoms with Crippen molar-refractivity contribution in [3.8, 4) is 5.75 Å². The second kappa shape index (κ2) is 6.80. The van der Waals surface area contributed by atoms with E-state index in [2.05, 4.69) is 4.74 Å². The zero-order chi connectivity index (χ0) is 17.1. The number of Topliss-reactive ketones (excluding diaryl/α,β-unsaturated/α-hetero) is 1. The van der Waals surface area contributed by atoms with Crippen molar-refractivity contribution >= 4 is 16.7 Å². The van der Waals surface area contributed by atoms with Crippen LogP contribution in [0.1, 0.15) is 15.9 Å². The molecule has 1 N–H and O–H groups in total. The summed E-state index contributed by atoms with van der Waals surface area (Å²) in [5.41, 5.74) is 2.22. The van der Waals surface area contributed by atoms with E-state index < -0.39 is 13.2 Å². The fourth-order valence-electron chi connectivity index (χ4n) is 2.56. The average Bonchev–Trinajstić information content (AvgIpc) is 2.97. The van der Waals surface area contributed by atoms with Gasteiger partial charge in [-0.2, -0.15) is 8.78 Å². The number of benzene rings is 2. The molecule has 0 spiro atoms. The summed E-state index contributed by atoms with van der Waals surface area (Å²) >= 11 is 0. The molecule has 1 aromatic heterocycles. The number of fused-ring (bicyclic) bond motifs is 1. The van der Waals surface area contributed by atoms with Crippen molar-refractivity contribution in [2.24, 2.45) is 0 Å². The van der Waals surface area contributed by atoms with Gasteiger partial charge in [0.1, 0.15) is 12.4 Å². The molecule has 0 aliphatic heterocycles. The van der Waals surface area contributed by atoms with Crippen LogP contribution < -0.4 is 4.74 Å². The highest BCUT2D eigenvalue weighted by Crippen LogP contribution is 2.21. The van der Waals surface area contributed by atoms with E-state index in [0.717, 1.165) is 16.5 Å². The number of carbonyl (C=O) groups is 1. The van der Waals surface area contributed by atoms with E-state index in [9.17, 15) is 13.6 Å². The van der Waals surface area contributed by atoms with Gasteiger partial charge in [0, 0.05) is 23.8 Å². The number of aliphatic hydroxyl groups is 1. The Morgan fingerprint density at radius 1 is 1.12 bits per heavy atom. The van der Waals surface area contributed by atoms with E-state index in [-0.39, 0.29) is 11.5 Å². The Labute approximate surface area is 136 Å². The number of hydrogen-bond acceptors (Lipinski definition) is 3. The smallest absolute Gasteiger partial charge is 0.387 e. The second-order valence-corrected chi connectivity index (χ2v) is 5.32. The Bertz CT molecular complexity index is 856. The zero-order valence-corrected chi connectivity index (χ0v) is 12.7. The largest absolute Gasteiger partial charge is 0.435 e. The van der Waals surface area contributed by atoms with Crippen LogP contribution in [0.15, 0.2) is 54.7 Å². The number of ether oxygens (including phenoxy) is 1. The van der Waals surface area contributed by atoms with Gasteiger partial charge >= 0.3 is 6.61 Å². The molecule has 0 unspecified atom stereocenters. The molecule has 4 nitrogen and oxygen atoms in total. The predicted octanol–water partition coefficient (Wildman–Crippen LogP) is 3.47. The maximum atomic E-state index is 12.2. The first-order valence-electron chi connectivity index (χ1n) is 7.33. The van der Waals surface area contributed by atoms with Gasteiger partial charge in [0.05, 0.1) is 0 Å².